The molecule has 0 aromatic carbocycles. The highest BCUT2D eigenvalue weighted by Crippen LogP contribution is 2.72. The lowest BCUT2D eigenvalue weighted by Gasteiger charge is -2.19. The van der Waals surface area contributed by atoms with Crippen molar-refractivity contribution in [3.8, 4) is 0 Å². The lowest BCUT2D eigenvalue weighted by atomic mass is 9.94. The van der Waals surface area contributed by atoms with Crippen LogP contribution in [0.15, 0.2) is 6.07 Å². The Morgan fingerprint density at radius 2 is 1.94 bits per heavy atom. The predicted octanol–water partition coefficient (Wildman–Crippen LogP) is 4.61. The van der Waals surface area contributed by atoms with Crippen LogP contribution in [0.4, 0.5) is 0 Å². The summed E-state index contributed by atoms with van der Waals surface area (Å²) in [7, 11) is 2.06. The SMILES string of the molecule is CNC(c1cc(Cl)sc1Cl)C1C2C3CCC(C3)C21. The molecule has 1 aromatic heterocycles. The molecule has 98 valence electrons. The molecule has 0 saturated heterocycles. The lowest BCUT2D eigenvalue weighted by Crippen LogP contribution is -2.21. The van der Waals surface area contributed by atoms with Crippen LogP contribution in [0.2, 0.25) is 8.67 Å². The quantitative estimate of drug-likeness (QED) is 0.860. The van der Waals surface area contributed by atoms with Gasteiger partial charge in [0.1, 0.15) is 0 Å². The van der Waals surface area contributed by atoms with E-state index in [9.17, 15) is 0 Å². The fourth-order valence-electron chi connectivity index (χ4n) is 4.96. The molecular weight excluding hydrogens is 285 g/mol. The van der Waals surface area contributed by atoms with E-state index in [0.29, 0.717) is 6.04 Å². The molecule has 0 amide bonds. The third-order valence-electron chi connectivity index (χ3n) is 5.51. The molecule has 0 aliphatic heterocycles. The van der Waals surface area contributed by atoms with E-state index < -0.39 is 0 Å². The van der Waals surface area contributed by atoms with E-state index in [1.807, 2.05) is 0 Å². The molecule has 18 heavy (non-hydrogen) atoms. The van der Waals surface area contributed by atoms with Gasteiger partial charge in [-0.25, -0.2) is 0 Å². The molecule has 3 saturated carbocycles. The Balaban J connectivity index is 1.62. The summed E-state index contributed by atoms with van der Waals surface area (Å²) >= 11 is 13.9. The Labute approximate surface area is 122 Å². The Morgan fingerprint density at radius 1 is 1.28 bits per heavy atom. The minimum atomic E-state index is 0.416. The van der Waals surface area contributed by atoms with Crippen molar-refractivity contribution in [1.29, 1.82) is 0 Å². The van der Waals surface area contributed by atoms with Gasteiger partial charge in [0, 0.05) is 11.6 Å². The zero-order valence-electron chi connectivity index (χ0n) is 10.3. The molecule has 1 nitrogen and oxygen atoms in total. The maximum Gasteiger partial charge on any atom is 0.0992 e. The normalized spacial score (nSPS) is 42.1. The topological polar surface area (TPSA) is 12.0 Å². The van der Waals surface area contributed by atoms with Crippen LogP contribution in [0.25, 0.3) is 0 Å². The molecule has 3 fully saturated rings. The Hall–Kier alpha value is 0.240. The maximum atomic E-state index is 6.33. The monoisotopic (exact) mass is 301 g/mol. The van der Waals surface area contributed by atoms with Crippen LogP contribution in [0.5, 0.6) is 0 Å². The van der Waals surface area contributed by atoms with E-state index in [1.165, 1.54) is 36.2 Å². The first-order chi connectivity index (χ1) is 8.70. The number of hydrogen-bond acceptors (Lipinski definition) is 2. The van der Waals surface area contributed by atoms with E-state index in [4.69, 9.17) is 23.2 Å². The highest BCUT2D eigenvalue weighted by Gasteiger charge is 2.66. The average Bonchev–Trinajstić information content (AvgIpc) is 2.68. The van der Waals surface area contributed by atoms with E-state index in [2.05, 4.69) is 18.4 Å². The molecule has 2 bridgehead atoms. The van der Waals surface area contributed by atoms with Crippen molar-refractivity contribution in [3.05, 3.63) is 20.3 Å². The Morgan fingerprint density at radius 3 is 2.44 bits per heavy atom. The largest absolute Gasteiger partial charge is 0.313 e. The molecule has 1 heterocycles. The van der Waals surface area contributed by atoms with Gasteiger partial charge in [-0.05, 0) is 62.0 Å². The van der Waals surface area contributed by atoms with E-state index in [0.717, 1.165) is 38.3 Å². The van der Waals surface area contributed by atoms with Gasteiger partial charge in [-0.3, -0.25) is 0 Å². The third kappa shape index (κ3) is 1.56. The smallest absolute Gasteiger partial charge is 0.0992 e. The number of thiophene rings is 1. The molecule has 0 radical (unpaired) electrons. The van der Waals surface area contributed by atoms with Gasteiger partial charge >= 0.3 is 0 Å². The summed E-state index contributed by atoms with van der Waals surface area (Å²) in [5.41, 5.74) is 1.23. The number of rotatable bonds is 3. The van der Waals surface area contributed by atoms with Gasteiger partial charge in [0.15, 0.2) is 0 Å². The summed E-state index contributed by atoms with van der Waals surface area (Å²) in [6.07, 6.45) is 4.44. The molecule has 1 N–H and O–H groups in total. The molecule has 5 unspecified atom stereocenters. The van der Waals surface area contributed by atoms with Crippen molar-refractivity contribution in [2.45, 2.75) is 25.3 Å². The van der Waals surface area contributed by atoms with Gasteiger partial charge in [-0.1, -0.05) is 23.2 Å². The minimum Gasteiger partial charge on any atom is -0.313 e. The third-order valence-corrected chi connectivity index (χ3v) is 7.03. The second kappa shape index (κ2) is 4.12. The molecule has 4 rings (SSSR count). The Kier molecular flexibility index (Phi) is 2.75. The summed E-state index contributed by atoms with van der Waals surface area (Å²) in [6, 6.07) is 2.48. The zero-order valence-corrected chi connectivity index (χ0v) is 12.7. The molecule has 4 heteroatoms. The summed E-state index contributed by atoms with van der Waals surface area (Å²) < 4.78 is 1.68. The Bertz CT molecular complexity index is 470. The van der Waals surface area contributed by atoms with Crippen LogP contribution >= 0.6 is 34.5 Å². The summed E-state index contributed by atoms with van der Waals surface area (Å²) in [6.45, 7) is 0. The molecule has 1 aromatic rings. The van der Waals surface area contributed by atoms with E-state index in [-0.39, 0.29) is 0 Å². The van der Waals surface area contributed by atoms with Crippen LogP contribution in [-0.4, -0.2) is 7.05 Å². The molecule has 3 aliphatic rings. The fraction of sp³-hybridized carbons (Fsp3) is 0.714. The number of fused-ring (bicyclic) bond motifs is 5. The van der Waals surface area contributed by atoms with Gasteiger partial charge in [-0.15, -0.1) is 11.3 Å². The van der Waals surface area contributed by atoms with Crippen LogP contribution in [0, 0.1) is 29.6 Å². The molecule has 5 atom stereocenters. The van der Waals surface area contributed by atoms with Crippen LogP contribution in [0.3, 0.4) is 0 Å². The van der Waals surface area contributed by atoms with E-state index in [1.54, 1.807) is 0 Å². The predicted molar refractivity (Wildman–Crippen MR) is 77.4 cm³/mol. The first-order valence-electron chi connectivity index (χ1n) is 6.82. The first-order valence-corrected chi connectivity index (χ1v) is 8.40. The van der Waals surface area contributed by atoms with E-state index >= 15 is 0 Å². The van der Waals surface area contributed by atoms with Gasteiger partial charge in [-0.2, -0.15) is 0 Å². The van der Waals surface area contributed by atoms with Gasteiger partial charge < -0.3 is 5.32 Å². The van der Waals surface area contributed by atoms with Crippen molar-refractivity contribution in [1.82, 2.24) is 5.32 Å². The summed E-state index contributed by atoms with van der Waals surface area (Å²) in [5, 5.41) is 3.50. The van der Waals surface area contributed by atoms with Crippen LogP contribution < -0.4 is 5.32 Å². The number of hydrogen-bond donors (Lipinski definition) is 1. The average molecular weight is 302 g/mol. The molecular formula is C14H17Cl2NS. The van der Waals surface area contributed by atoms with Gasteiger partial charge in [0.2, 0.25) is 0 Å². The summed E-state index contributed by atoms with van der Waals surface area (Å²) in [5.74, 6) is 4.76. The van der Waals surface area contributed by atoms with Crippen LogP contribution in [0.1, 0.15) is 30.9 Å². The van der Waals surface area contributed by atoms with Gasteiger partial charge in [0.05, 0.1) is 8.67 Å². The number of nitrogens with one attached hydrogen (secondary N) is 1. The zero-order chi connectivity index (χ0) is 12.4. The second-order valence-corrected chi connectivity index (χ2v) is 8.40. The molecule has 3 aliphatic carbocycles. The highest BCUT2D eigenvalue weighted by molar-refractivity contribution is 7.20. The van der Waals surface area contributed by atoms with Crippen molar-refractivity contribution >= 4 is 34.5 Å². The maximum absolute atomic E-state index is 6.33. The minimum absolute atomic E-state index is 0.416. The fourth-order valence-corrected chi connectivity index (χ4v) is 6.51. The van der Waals surface area contributed by atoms with Crippen molar-refractivity contribution < 1.29 is 0 Å². The second-order valence-electron chi connectivity index (χ2n) is 6.11. The van der Waals surface area contributed by atoms with Crippen molar-refractivity contribution in [3.63, 3.8) is 0 Å². The van der Waals surface area contributed by atoms with Crippen LogP contribution in [-0.2, 0) is 0 Å². The lowest BCUT2D eigenvalue weighted by molar-refractivity contribution is 0.386. The van der Waals surface area contributed by atoms with Crippen molar-refractivity contribution in [2.75, 3.05) is 7.05 Å². The first kappa shape index (κ1) is 12.0. The standard InChI is InChI=1S/C14H17Cl2NS/c1-17-13(8-5-9(15)18-14(8)16)12-10-6-2-3-7(4-6)11(10)12/h5-7,10-13,17H,2-4H2,1H3. The van der Waals surface area contributed by atoms with Crippen molar-refractivity contribution in [2.24, 2.45) is 29.6 Å². The number of halogens is 2. The summed E-state index contributed by atoms with van der Waals surface area (Å²) in [4.78, 5) is 0. The molecule has 0 spiro atoms. The van der Waals surface area contributed by atoms with Gasteiger partial charge in [0.25, 0.3) is 0 Å². The highest BCUT2D eigenvalue weighted by atomic mass is 35.5.